The Hall–Kier alpha value is -0.570. The van der Waals surface area contributed by atoms with Crippen molar-refractivity contribution < 1.29 is 4.79 Å². The van der Waals surface area contributed by atoms with Gasteiger partial charge in [-0.15, -0.1) is 0 Å². The van der Waals surface area contributed by atoms with Crippen LogP contribution in [-0.2, 0) is 4.79 Å². The number of rotatable bonds is 3. The molecule has 0 aromatic carbocycles. The molecule has 0 heterocycles. The van der Waals surface area contributed by atoms with Crippen LogP contribution in [0, 0.1) is 11.8 Å². The summed E-state index contributed by atoms with van der Waals surface area (Å²) in [7, 11) is 1.83. The minimum Gasteiger partial charge on any atom is -0.344 e. The largest absolute Gasteiger partial charge is 0.344 e. The molecule has 0 aliphatic heterocycles. The van der Waals surface area contributed by atoms with E-state index < -0.39 is 0 Å². The average Bonchev–Trinajstić information content (AvgIpc) is 2.64. The molecule has 0 spiro atoms. The van der Waals surface area contributed by atoms with Crippen LogP contribution in [0.4, 0.5) is 0 Å². The van der Waals surface area contributed by atoms with E-state index >= 15 is 0 Å². The number of likely N-dealkylation sites (N-methyl/N-ethyl adjacent to an activating group) is 1. The van der Waals surface area contributed by atoms with Gasteiger partial charge in [-0.05, 0) is 25.2 Å². The topological polar surface area (TPSA) is 46.3 Å². The third kappa shape index (κ3) is 2.21. The van der Waals surface area contributed by atoms with Crippen LogP contribution in [0.25, 0.3) is 0 Å². The highest BCUT2D eigenvalue weighted by Crippen LogP contribution is 2.37. The lowest BCUT2D eigenvalue weighted by molar-refractivity contribution is -0.131. The van der Waals surface area contributed by atoms with E-state index in [0.29, 0.717) is 0 Å². The number of hydrogen-bond donors (Lipinski definition) is 1. The van der Waals surface area contributed by atoms with Crippen LogP contribution >= 0.6 is 0 Å². The van der Waals surface area contributed by atoms with Crippen LogP contribution < -0.4 is 5.73 Å². The molecule has 70 valence electrons. The van der Waals surface area contributed by atoms with E-state index in [4.69, 9.17) is 5.73 Å². The van der Waals surface area contributed by atoms with Crippen molar-refractivity contribution in [2.75, 3.05) is 13.6 Å². The first-order valence-electron chi connectivity index (χ1n) is 4.53. The second kappa shape index (κ2) is 3.44. The van der Waals surface area contributed by atoms with Gasteiger partial charge in [0, 0.05) is 13.6 Å². The first-order valence-corrected chi connectivity index (χ1v) is 4.53. The summed E-state index contributed by atoms with van der Waals surface area (Å²) in [6.07, 6.45) is 1.26. The van der Waals surface area contributed by atoms with E-state index in [1.807, 2.05) is 7.05 Å². The molecule has 0 bridgehead atoms. The fraction of sp³-hybridized carbons (Fsp3) is 0.889. The van der Waals surface area contributed by atoms with Crippen molar-refractivity contribution >= 4 is 5.91 Å². The van der Waals surface area contributed by atoms with Crippen molar-refractivity contribution in [2.45, 2.75) is 26.3 Å². The highest BCUT2D eigenvalue weighted by Gasteiger charge is 2.34. The van der Waals surface area contributed by atoms with Crippen molar-refractivity contribution in [3.05, 3.63) is 0 Å². The van der Waals surface area contributed by atoms with Crippen molar-refractivity contribution in [1.82, 2.24) is 4.90 Å². The molecular formula is C9H18N2O. The van der Waals surface area contributed by atoms with Crippen molar-refractivity contribution in [3.8, 4) is 0 Å². The van der Waals surface area contributed by atoms with Gasteiger partial charge in [0.2, 0.25) is 5.91 Å². The lowest BCUT2D eigenvalue weighted by Gasteiger charge is -2.18. The van der Waals surface area contributed by atoms with Gasteiger partial charge in [0.25, 0.3) is 0 Å². The SMILES string of the molecule is CC(N)C(=O)N(C)CC1CC1C. The van der Waals surface area contributed by atoms with Gasteiger partial charge in [0.1, 0.15) is 0 Å². The molecule has 1 aliphatic carbocycles. The lowest BCUT2D eigenvalue weighted by atomic mass is 10.2. The average molecular weight is 170 g/mol. The Morgan fingerprint density at radius 3 is 2.58 bits per heavy atom. The Morgan fingerprint density at radius 2 is 2.25 bits per heavy atom. The van der Waals surface area contributed by atoms with E-state index in [2.05, 4.69) is 6.92 Å². The van der Waals surface area contributed by atoms with E-state index in [0.717, 1.165) is 18.4 Å². The zero-order valence-electron chi connectivity index (χ0n) is 8.08. The maximum absolute atomic E-state index is 11.3. The fourth-order valence-electron chi connectivity index (χ4n) is 1.44. The summed E-state index contributed by atoms with van der Waals surface area (Å²) in [6.45, 7) is 4.82. The van der Waals surface area contributed by atoms with Crippen LogP contribution in [0.2, 0.25) is 0 Å². The summed E-state index contributed by atoms with van der Waals surface area (Å²) in [5, 5.41) is 0. The summed E-state index contributed by atoms with van der Waals surface area (Å²) < 4.78 is 0. The Balaban J connectivity index is 2.28. The van der Waals surface area contributed by atoms with Gasteiger partial charge in [0.15, 0.2) is 0 Å². The number of carbonyl (C=O) groups is 1. The van der Waals surface area contributed by atoms with Crippen LogP contribution in [0.15, 0.2) is 0 Å². The summed E-state index contributed by atoms with van der Waals surface area (Å²) in [4.78, 5) is 13.1. The molecule has 0 aromatic rings. The van der Waals surface area contributed by atoms with Gasteiger partial charge in [-0.1, -0.05) is 6.92 Å². The first-order chi connectivity index (χ1) is 5.52. The normalized spacial score (nSPS) is 29.7. The molecular weight excluding hydrogens is 152 g/mol. The molecule has 1 saturated carbocycles. The highest BCUT2D eigenvalue weighted by molar-refractivity contribution is 5.80. The molecule has 1 rings (SSSR count). The van der Waals surface area contributed by atoms with E-state index in [1.54, 1.807) is 11.8 Å². The van der Waals surface area contributed by atoms with E-state index in [9.17, 15) is 4.79 Å². The van der Waals surface area contributed by atoms with Gasteiger partial charge in [-0.3, -0.25) is 4.79 Å². The Kier molecular flexibility index (Phi) is 2.73. The molecule has 0 radical (unpaired) electrons. The van der Waals surface area contributed by atoms with E-state index in [1.165, 1.54) is 6.42 Å². The monoisotopic (exact) mass is 170 g/mol. The van der Waals surface area contributed by atoms with Gasteiger partial charge in [-0.2, -0.15) is 0 Å². The van der Waals surface area contributed by atoms with E-state index in [-0.39, 0.29) is 11.9 Å². The zero-order valence-corrected chi connectivity index (χ0v) is 8.08. The Labute approximate surface area is 73.9 Å². The standard InChI is InChI=1S/C9H18N2O/c1-6-4-8(6)5-11(3)9(12)7(2)10/h6-8H,4-5,10H2,1-3H3. The van der Waals surface area contributed by atoms with Crippen LogP contribution in [0.5, 0.6) is 0 Å². The number of hydrogen-bond acceptors (Lipinski definition) is 2. The quantitative estimate of drug-likeness (QED) is 0.668. The van der Waals surface area contributed by atoms with Crippen molar-refractivity contribution in [3.63, 3.8) is 0 Å². The summed E-state index contributed by atoms with van der Waals surface area (Å²) >= 11 is 0. The van der Waals surface area contributed by atoms with Crippen molar-refractivity contribution in [2.24, 2.45) is 17.6 Å². The molecule has 2 N–H and O–H groups in total. The summed E-state index contributed by atoms with van der Waals surface area (Å²) in [5.74, 6) is 1.57. The van der Waals surface area contributed by atoms with Crippen LogP contribution in [0.1, 0.15) is 20.3 Å². The van der Waals surface area contributed by atoms with Gasteiger partial charge < -0.3 is 10.6 Å². The maximum atomic E-state index is 11.3. The molecule has 0 saturated heterocycles. The molecule has 3 nitrogen and oxygen atoms in total. The number of amides is 1. The van der Waals surface area contributed by atoms with Gasteiger partial charge in [-0.25, -0.2) is 0 Å². The second-order valence-corrected chi connectivity index (χ2v) is 3.98. The fourth-order valence-corrected chi connectivity index (χ4v) is 1.44. The number of carbonyl (C=O) groups excluding carboxylic acids is 1. The molecule has 3 atom stereocenters. The number of nitrogens with two attached hydrogens (primary N) is 1. The molecule has 12 heavy (non-hydrogen) atoms. The third-order valence-electron chi connectivity index (χ3n) is 2.55. The number of nitrogens with zero attached hydrogens (tertiary/aromatic N) is 1. The zero-order chi connectivity index (χ0) is 9.30. The molecule has 3 unspecified atom stereocenters. The van der Waals surface area contributed by atoms with Crippen LogP contribution in [0.3, 0.4) is 0 Å². The smallest absolute Gasteiger partial charge is 0.238 e. The van der Waals surface area contributed by atoms with Crippen LogP contribution in [-0.4, -0.2) is 30.4 Å². The predicted octanol–water partition coefficient (Wildman–Crippen LogP) is 0.448. The Morgan fingerprint density at radius 1 is 1.75 bits per heavy atom. The lowest BCUT2D eigenvalue weighted by Crippen LogP contribution is -2.40. The predicted molar refractivity (Wildman–Crippen MR) is 48.6 cm³/mol. The second-order valence-electron chi connectivity index (χ2n) is 3.98. The minimum absolute atomic E-state index is 0.0501. The molecule has 1 aliphatic rings. The minimum atomic E-state index is -0.357. The van der Waals surface area contributed by atoms with Crippen molar-refractivity contribution in [1.29, 1.82) is 0 Å². The third-order valence-corrected chi connectivity index (χ3v) is 2.55. The summed E-state index contributed by atoms with van der Waals surface area (Å²) in [6, 6.07) is -0.357. The Bertz CT molecular complexity index is 179. The highest BCUT2D eigenvalue weighted by atomic mass is 16.2. The van der Waals surface area contributed by atoms with Gasteiger partial charge in [0.05, 0.1) is 6.04 Å². The molecule has 3 heteroatoms. The summed E-state index contributed by atoms with van der Waals surface area (Å²) in [5.41, 5.74) is 5.48. The molecule has 1 amide bonds. The van der Waals surface area contributed by atoms with Gasteiger partial charge >= 0.3 is 0 Å². The molecule has 1 fully saturated rings. The molecule has 0 aromatic heterocycles. The first kappa shape index (κ1) is 9.52. The maximum Gasteiger partial charge on any atom is 0.238 e.